The van der Waals surface area contributed by atoms with E-state index >= 15 is 0 Å². The average molecular weight is 320 g/mol. The SMILES string of the molecule is Cc1cc(N2CCN(CC(=O)NC(N)=O)CC2)nc(C(C)C)n1. The first-order valence-corrected chi connectivity index (χ1v) is 7.77. The van der Waals surface area contributed by atoms with Crippen molar-refractivity contribution in [2.45, 2.75) is 26.7 Å². The largest absolute Gasteiger partial charge is 0.354 e. The molecule has 8 heteroatoms. The van der Waals surface area contributed by atoms with Crippen LogP contribution in [0.2, 0.25) is 0 Å². The minimum Gasteiger partial charge on any atom is -0.354 e. The summed E-state index contributed by atoms with van der Waals surface area (Å²) in [5.74, 6) is 1.70. The summed E-state index contributed by atoms with van der Waals surface area (Å²) in [6.07, 6.45) is 0. The summed E-state index contributed by atoms with van der Waals surface area (Å²) in [4.78, 5) is 35.5. The average Bonchev–Trinajstić information content (AvgIpc) is 2.46. The maximum atomic E-state index is 11.5. The highest BCUT2D eigenvalue weighted by Gasteiger charge is 2.21. The number of hydrogen-bond donors (Lipinski definition) is 2. The third kappa shape index (κ3) is 4.88. The van der Waals surface area contributed by atoms with Gasteiger partial charge in [0.25, 0.3) is 0 Å². The fourth-order valence-corrected chi connectivity index (χ4v) is 2.51. The molecule has 2 rings (SSSR count). The molecule has 3 N–H and O–H groups in total. The first kappa shape index (κ1) is 17.1. The van der Waals surface area contributed by atoms with Crippen molar-refractivity contribution in [3.05, 3.63) is 17.6 Å². The summed E-state index contributed by atoms with van der Waals surface area (Å²) < 4.78 is 0. The third-order valence-electron chi connectivity index (χ3n) is 3.70. The Bertz CT molecular complexity index is 581. The molecule has 1 saturated heterocycles. The summed E-state index contributed by atoms with van der Waals surface area (Å²) in [5, 5.41) is 2.08. The molecular weight excluding hydrogens is 296 g/mol. The Labute approximate surface area is 136 Å². The van der Waals surface area contributed by atoms with Crippen molar-refractivity contribution < 1.29 is 9.59 Å². The Hall–Kier alpha value is -2.22. The molecule has 0 unspecified atom stereocenters. The molecule has 0 spiro atoms. The van der Waals surface area contributed by atoms with Crippen molar-refractivity contribution in [3.63, 3.8) is 0 Å². The predicted molar refractivity (Wildman–Crippen MR) is 87.2 cm³/mol. The highest BCUT2D eigenvalue weighted by Crippen LogP contribution is 2.18. The highest BCUT2D eigenvalue weighted by molar-refractivity contribution is 5.94. The van der Waals surface area contributed by atoms with E-state index in [2.05, 4.69) is 34.0 Å². The Balaban J connectivity index is 1.94. The van der Waals surface area contributed by atoms with Crippen LogP contribution in [-0.4, -0.2) is 59.5 Å². The molecular formula is C15H24N6O2. The van der Waals surface area contributed by atoms with E-state index in [4.69, 9.17) is 5.73 Å². The number of carbonyl (C=O) groups excluding carboxylic acids is 2. The maximum Gasteiger partial charge on any atom is 0.318 e. The Morgan fingerprint density at radius 1 is 1.26 bits per heavy atom. The molecule has 1 fully saturated rings. The molecule has 3 amide bonds. The van der Waals surface area contributed by atoms with Gasteiger partial charge in [-0.3, -0.25) is 15.0 Å². The van der Waals surface area contributed by atoms with E-state index in [-0.39, 0.29) is 18.4 Å². The number of nitrogens with zero attached hydrogens (tertiary/aromatic N) is 4. The van der Waals surface area contributed by atoms with Crippen LogP contribution in [-0.2, 0) is 4.79 Å². The number of urea groups is 1. The van der Waals surface area contributed by atoms with Gasteiger partial charge in [-0.05, 0) is 6.92 Å². The number of primary amides is 1. The molecule has 126 valence electrons. The zero-order chi connectivity index (χ0) is 17.0. The van der Waals surface area contributed by atoms with E-state index in [1.165, 1.54) is 0 Å². The molecule has 1 aromatic heterocycles. The van der Waals surface area contributed by atoms with E-state index in [9.17, 15) is 9.59 Å². The zero-order valence-electron chi connectivity index (χ0n) is 13.9. The van der Waals surface area contributed by atoms with Gasteiger partial charge in [-0.1, -0.05) is 13.8 Å². The van der Waals surface area contributed by atoms with Gasteiger partial charge in [0.15, 0.2) is 0 Å². The number of hydrogen-bond acceptors (Lipinski definition) is 6. The second-order valence-corrected chi connectivity index (χ2v) is 6.06. The summed E-state index contributed by atoms with van der Waals surface area (Å²) in [6.45, 7) is 9.31. The van der Waals surface area contributed by atoms with Gasteiger partial charge in [0.05, 0.1) is 6.54 Å². The van der Waals surface area contributed by atoms with Gasteiger partial charge < -0.3 is 10.6 Å². The monoisotopic (exact) mass is 320 g/mol. The van der Waals surface area contributed by atoms with Gasteiger partial charge in [0.1, 0.15) is 11.6 Å². The summed E-state index contributed by atoms with van der Waals surface area (Å²) in [6, 6.07) is 1.17. The Kier molecular flexibility index (Phi) is 5.49. The number of aromatic nitrogens is 2. The highest BCUT2D eigenvalue weighted by atomic mass is 16.2. The summed E-state index contributed by atoms with van der Waals surface area (Å²) >= 11 is 0. The lowest BCUT2D eigenvalue weighted by molar-refractivity contribution is -0.121. The van der Waals surface area contributed by atoms with E-state index in [0.29, 0.717) is 0 Å². The number of carbonyl (C=O) groups is 2. The van der Waals surface area contributed by atoms with Crippen LogP contribution >= 0.6 is 0 Å². The molecule has 0 bridgehead atoms. The van der Waals surface area contributed by atoms with Crippen molar-refractivity contribution in [1.29, 1.82) is 0 Å². The predicted octanol–water partition coefficient (Wildman–Crippen LogP) is 0.225. The van der Waals surface area contributed by atoms with E-state index in [1.54, 1.807) is 0 Å². The van der Waals surface area contributed by atoms with E-state index in [1.807, 2.05) is 17.9 Å². The molecule has 1 aliphatic rings. The topological polar surface area (TPSA) is 104 Å². The smallest absolute Gasteiger partial charge is 0.318 e. The lowest BCUT2D eigenvalue weighted by Crippen LogP contribution is -2.50. The fraction of sp³-hybridized carbons (Fsp3) is 0.600. The standard InChI is InChI=1S/C15H24N6O2/c1-10(2)14-17-11(3)8-12(18-14)21-6-4-20(5-7-21)9-13(22)19-15(16)23/h8,10H,4-7,9H2,1-3H3,(H3,16,19,22,23). The number of rotatable bonds is 4. The molecule has 2 heterocycles. The van der Waals surface area contributed by atoms with Crippen LogP contribution in [0.3, 0.4) is 0 Å². The van der Waals surface area contributed by atoms with Crippen LogP contribution in [0, 0.1) is 6.92 Å². The second-order valence-electron chi connectivity index (χ2n) is 6.06. The number of anilines is 1. The van der Waals surface area contributed by atoms with E-state index < -0.39 is 6.03 Å². The van der Waals surface area contributed by atoms with Gasteiger partial charge >= 0.3 is 6.03 Å². The van der Waals surface area contributed by atoms with Crippen molar-refractivity contribution in [2.24, 2.45) is 5.73 Å². The molecule has 0 radical (unpaired) electrons. The number of nitrogens with two attached hydrogens (primary N) is 1. The van der Waals surface area contributed by atoms with Crippen LogP contribution in [0.15, 0.2) is 6.07 Å². The van der Waals surface area contributed by atoms with Crippen molar-refractivity contribution in [2.75, 3.05) is 37.6 Å². The van der Waals surface area contributed by atoms with Gasteiger partial charge in [-0.25, -0.2) is 14.8 Å². The van der Waals surface area contributed by atoms with Gasteiger partial charge in [0, 0.05) is 43.9 Å². The number of amides is 3. The van der Waals surface area contributed by atoms with Gasteiger partial charge in [0.2, 0.25) is 5.91 Å². The number of piperazine rings is 1. The third-order valence-corrected chi connectivity index (χ3v) is 3.70. The Morgan fingerprint density at radius 3 is 2.48 bits per heavy atom. The first-order valence-electron chi connectivity index (χ1n) is 7.77. The molecule has 0 aliphatic carbocycles. The van der Waals surface area contributed by atoms with E-state index in [0.717, 1.165) is 43.5 Å². The molecule has 0 saturated carbocycles. The summed E-state index contributed by atoms with van der Waals surface area (Å²) in [5.41, 5.74) is 5.90. The van der Waals surface area contributed by atoms with Crippen LogP contribution < -0.4 is 16.0 Å². The summed E-state index contributed by atoms with van der Waals surface area (Å²) in [7, 11) is 0. The van der Waals surface area contributed by atoms with Gasteiger partial charge in [-0.15, -0.1) is 0 Å². The molecule has 23 heavy (non-hydrogen) atoms. The van der Waals surface area contributed by atoms with Crippen molar-refractivity contribution >= 4 is 17.8 Å². The minimum atomic E-state index is -0.814. The first-order chi connectivity index (χ1) is 10.8. The number of nitrogens with one attached hydrogen (secondary N) is 1. The molecule has 0 aromatic carbocycles. The lowest BCUT2D eigenvalue weighted by Gasteiger charge is -2.35. The Morgan fingerprint density at radius 2 is 1.91 bits per heavy atom. The van der Waals surface area contributed by atoms with Crippen molar-refractivity contribution in [1.82, 2.24) is 20.2 Å². The number of imide groups is 1. The minimum absolute atomic E-state index is 0.177. The normalized spacial score (nSPS) is 15.7. The van der Waals surface area contributed by atoms with Crippen LogP contribution in [0.1, 0.15) is 31.3 Å². The quantitative estimate of drug-likeness (QED) is 0.822. The molecule has 1 aromatic rings. The molecule has 8 nitrogen and oxygen atoms in total. The second kappa shape index (κ2) is 7.36. The van der Waals surface area contributed by atoms with Gasteiger partial charge in [-0.2, -0.15) is 0 Å². The molecule has 1 aliphatic heterocycles. The fourth-order valence-electron chi connectivity index (χ4n) is 2.51. The van der Waals surface area contributed by atoms with Crippen LogP contribution in [0.5, 0.6) is 0 Å². The van der Waals surface area contributed by atoms with Crippen LogP contribution in [0.25, 0.3) is 0 Å². The maximum absolute atomic E-state index is 11.5. The number of aryl methyl sites for hydroxylation is 1. The van der Waals surface area contributed by atoms with Crippen LogP contribution in [0.4, 0.5) is 10.6 Å². The zero-order valence-corrected chi connectivity index (χ0v) is 13.9. The molecule has 0 atom stereocenters. The van der Waals surface area contributed by atoms with Crippen molar-refractivity contribution in [3.8, 4) is 0 Å². The lowest BCUT2D eigenvalue weighted by atomic mass is 10.2.